The Morgan fingerprint density at radius 3 is 2.58 bits per heavy atom. The molecule has 2 nitrogen and oxygen atoms in total. The lowest BCUT2D eigenvalue weighted by atomic mass is 10.0. The summed E-state index contributed by atoms with van der Waals surface area (Å²) in [5, 5.41) is 2.92. The Morgan fingerprint density at radius 1 is 1.50 bits per heavy atom. The summed E-state index contributed by atoms with van der Waals surface area (Å²) >= 11 is 0. The maximum atomic E-state index is 11.1. The van der Waals surface area contributed by atoms with Crippen LogP contribution in [0.15, 0.2) is 0 Å². The quantitative estimate of drug-likeness (QED) is 0.608. The number of carbonyl (C=O) groups is 1. The highest BCUT2D eigenvalue weighted by Gasteiger charge is 1.99. The van der Waals surface area contributed by atoms with Crippen molar-refractivity contribution in [2.75, 3.05) is 6.54 Å². The second-order valence-electron chi connectivity index (χ2n) is 3.06. The molecule has 1 unspecified atom stereocenters. The van der Waals surface area contributed by atoms with E-state index in [1.807, 2.05) is 13.8 Å². The second-order valence-corrected chi connectivity index (χ2v) is 3.06. The van der Waals surface area contributed by atoms with Gasteiger partial charge in [0.05, 0.1) is 0 Å². The first-order chi connectivity index (χ1) is 5.74. The molecule has 0 aliphatic rings. The molecular weight excluding hydrogens is 150 g/mol. The van der Waals surface area contributed by atoms with E-state index in [4.69, 9.17) is 0 Å². The van der Waals surface area contributed by atoms with Gasteiger partial charge in [-0.15, -0.1) is 5.92 Å². The predicted octanol–water partition coefficient (Wildman–Crippen LogP) is 2.15. The smallest absolute Gasteiger partial charge is 0.219 e. The lowest BCUT2D eigenvalue weighted by Crippen LogP contribution is -2.28. The zero-order valence-electron chi connectivity index (χ0n) is 8.39. The Hall–Kier alpha value is -0.530. The maximum Gasteiger partial charge on any atom is 0.219 e. The highest BCUT2D eigenvalue weighted by molar-refractivity contribution is 5.75. The van der Waals surface area contributed by atoms with Crippen molar-refractivity contribution in [2.45, 2.75) is 40.0 Å². The minimum absolute atomic E-state index is 0.179. The Bertz CT molecular complexity index is 119. The summed E-state index contributed by atoms with van der Waals surface area (Å²) in [6.07, 6.45) is 4.83. The fourth-order valence-corrected chi connectivity index (χ4v) is 1.06. The zero-order chi connectivity index (χ0) is 9.40. The van der Waals surface area contributed by atoms with Crippen LogP contribution in [0.25, 0.3) is 0 Å². The standard InChI is InChI=1S/C10H20NO/c1-4-7-10(12)11-8-9(5-2)6-3/h5,9H,4,6-8H2,1-3H3,(H,11,12)/q-1. The van der Waals surface area contributed by atoms with Crippen molar-refractivity contribution in [3.63, 3.8) is 0 Å². The lowest BCUT2D eigenvalue weighted by Gasteiger charge is -2.20. The van der Waals surface area contributed by atoms with Crippen LogP contribution in [-0.2, 0) is 4.79 Å². The van der Waals surface area contributed by atoms with Crippen LogP contribution < -0.4 is 5.32 Å². The van der Waals surface area contributed by atoms with Gasteiger partial charge in [-0.05, 0) is 13.0 Å². The predicted molar refractivity (Wildman–Crippen MR) is 51.7 cm³/mol. The van der Waals surface area contributed by atoms with Gasteiger partial charge in [0.2, 0.25) is 5.91 Å². The van der Waals surface area contributed by atoms with Gasteiger partial charge in [-0.25, -0.2) is 0 Å². The molecule has 72 valence electrons. The number of nitrogens with one attached hydrogen (secondary N) is 1. The van der Waals surface area contributed by atoms with E-state index < -0.39 is 0 Å². The molecule has 12 heavy (non-hydrogen) atoms. The Kier molecular flexibility index (Phi) is 6.82. The summed E-state index contributed by atoms with van der Waals surface area (Å²) in [5.74, 6) is 0.712. The molecule has 0 saturated carbocycles. The summed E-state index contributed by atoms with van der Waals surface area (Å²) in [7, 11) is 0. The van der Waals surface area contributed by atoms with Crippen LogP contribution in [0.4, 0.5) is 0 Å². The Labute approximate surface area is 75.7 Å². The topological polar surface area (TPSA) is 29.1 Å². The van der Waals surface area contributed by atoms with Crippen molar-refractivity contribution in [1.29, 1.82) is 0 Å². The molecule has 0 heterocycles. The molecule has 0 aromatic rings. The third-order valence-electron chi connectivity index (χ3n) is 2.03. The van der Waals surface area contributed by atoms with E-state index in [1.54, 1.807) is 0 Å². The van der Waals surface area contributed by atoms with Crippen LogP contribution in [0.1, 0.15) is 40.0 Å². The number of hydrogen-bond donors (Lipinski definition) is 1. The van der Waals surface area contributed by atoms with E-state index in [9.17, 15) is 4.79 Å². The molecule has 0 bridgehead atoms. The van der Waals surface area contributed by atoms with Crippen LogP contribution in [0, 0.1) is 12.3 Å². The fraction of sp³-hybridized carbons (Fsp3) is 0.800. The van der Waals surface area contributed by atoms with Gasteiger partial charge in [0.1, 0.15) is 0 Å². The highest BCUT2D eigenvalue weighted by atomic mass is 16.1. The van der Waals surface area contributed by atoms with E-state index in [-0.39, 0.29) is 5.91 Å². The van der Waals surface area contributed by atoms with Crippen molar-refractivity contribution in [1.82, 2.24) is 5.32 Å². The molecule has 0 aromatic heterocycles. The van der Waals surface area contributed by atoms with Gasteiger partial charge >= 0.3 is 0 Å². The van der Waals surface area contributed by atoms with Crippen molar-refractivity contribution in [2.24, 2.45) is 5.92 Å². The molecule has 0 aliphatic heterocycles. The normalized spacial score (nSPS) is 12.6. The lowest BCUT2D eigenvalue weighted by molar-refractivity contribution is -0.121. The molecule has 0 aliphatic carbocycles. The molecule has 0 saturated heterocycles. The summed E-state index contributed by atoms with van der Waals surface area (Å²) in [5.41, 5.74) is 0. The Morgan fingerprint density at radius 2 is 2.17 bits per heavy atom. The Balaban J connectivity index is 3.44. The molecule has 0 radical (unpaired) electrons. The molecule has 1 amide bonds. The number of amides is 1. The summed E-state index contributed by atoms with van der Waals surface area (Å²) < 4.78 is 0. The molecule has 1 N–H and O–H groups in total. The van der Waals surface area contributed by atoms with Crippen LogP contribution in [0.5, 0.6) is 0 Å². The van der Waals surface area contributed by atoms with E-state index in [0.717, 1.165) is 19.4 Å². The molecule has 0 fully saturated rings. The number of hydrogen-bond acceptors (Lipinski definition) is 1. The largest absolute Gasteiger partial charge is 0.358 e. The fourth-order valence-electron chi connectivity index (χ4n) is 1.06. The molecule has 0 spiro atoms. The third kappa shape index (κ3) is 5.16. The van der Waals surface area contributed by atoms with E-state index in [0.29, 0.717) is 12.3 Å². The van der Waals surface area contributed by atoms with Gasteiger partial charge in [-0.1, -0.05) is 20.3 Å². The molecule has 0 rings (SSSR count). The molecule has 1 atom stereocenters. The van der Waals surface area contributed by atoms with E-state index >= 15 is 0 Å². The van der Waals surface area contributed by atoms with E-state index in [1.165, 1.54) is 0 Å². The minimum atomic E-state index is 0.179. The first-order valence-electron chi connectivity index (χ1n) is 4.80. The molecular formula is C10H20NO-. The van der Waals surface area contributed by atoms with Crippen molar-refractivity contribution < 1.29 is 4.79 Å². The van der Waals surface area contributed by atoms with Crippen molar-refractivity contribution in [3.05, 3.63) is 6.42 Å². The average Bonchev–Trinajstić information content (AvgIpc) is 2.07. The number of rotatable bonds is 6. The highest BCUT2D eigenvalue weighted by Crippen LogP contribution is 2.03. The van der Waals surface area contributed by atoms with Gasteiger partial charge in [0, 0.05) is 6.42 Å². The van der Waals surface area contributed by atoms with Gasteiger partial charge in [-0.2, -0.15) is 6.92 Å². The first kappa shape index (κ1) is 11.5. The summed E-state index contributed by atoms with van der Waals surface area (Å²) in [6, 6.07) is 0. The van der Waals surface area contributed by atoms with Crippen LogP contribution in [0.3, 0.4) is 0 Å². The van der Waals surface area contributed by atoms with Crippen molar-refractivity contribution >= 4 is 5.91 Å². The van der Waals surface area contributed by atoms with Gasteiger partial charge in [-0.3, -0.25) is 4.79 Å². The number of carbonyl (C=O) groups excluding carboxylic acids is 1. The van der Waals surface area contributed by atoms with Crippen LogP contribution in [-0.4, -0.2) is 12.5 Å². The SMILES string of the molecule is C[CH-]C(CC)CNC(=O)CCC. The van der Waals surface area contributed by atoms with Crippen LogP contribution in [0.2, 0.25) is 0 Å². The third-order valence-corrected chi connectivity index (χ3v) is 2.03. The second kappa shape index (κ2) is 7.14. The van der Waals surface area contributed by atoms with E-state index in [2.05, 4.69) is 18.7 Å². The molecule has 0 aromatic carbocycles. The minimum Gasteiger partial charge on any atom is -0.358 e. The monoisotopic (exact) mass is 170 g/mol. The van der Waals surface area contributed by atoms with Crippen LogP contribution >= 0.6 is 0 Å². The van der Waals surface area contributed by atoms with Gasteiger partial charge < -0.3 is 11.7 Å². The summed E-state index contributed by atoms with van der Waals surface area (Å²) in [4.78, 5) is 11.1. The summed E-state index contributed by atoms with van der Waals surface area (Å²) in [6.45, 7) is 6.99. The maximum absolute atomic E-state index is 11.1. The van der Waals surface area contributed by atoms with Crippen molar-refractivity contribution in [3.8, 4) is 0 Å². The molecule has 2 heteroatoms. The zero-order valence-corrected chi connectivity index (χ0v) is 8.39. The first-order valence-corrected chi connectivity index (χ1v) is 4.80. The average molecular weight is 170 g/mol. The van der Waals surface area contributed by atoms with Gasteiger partial charge in [0.25, 0.3) is 0 Å². The van der Waals surface area contributed by atoms with Gasteiger partial charge in [0.15, 0.2) is 0 Å².